The molecule has 1 aliphatic rings. The van der Waals surface area contributed by atoms with E-state index in [1.165, 1.54) is 0 Å². The summed E-state index contributed by atoms with van der Waals surface area (Å²) in [5.41, 5.74) is 4.95. The molecule has 2 N–H and O–H groups in total. The zero-order valence-electron chi connectivity index (χ0n) is 22.3. The number of hydrogen-bond donors (Lipinski definition) is 2. The average molecular weight is 536 g/mol. The molecule has 2 amide bonds. The lowest BCUT2D eigenvalue weighted by Gasteiger charge is -2.33. The molecule has 1 saturated heterocycles. The number of imidazole rings is 1. The SMILES string of the molecule is COc1ccc(Cn2nc(NC(=O)c3ccc(N4CCN(C)C(=O)C4)cc3)cc2-c2nc3ccccc3[nH]2)cc1. The van der Waals surface area contributed by atoms with Crippen LogP contribution < -0.4 is 15.0 Å². The maximum Gasteiger partial charge on any atom is 0.256 e. The van der Waals surface area contributed by atoms with E-state index in [1.54, 1.807) is 24.1 Å². The highest BCUT2D eigenvalue weighted by Gasteiger charge is 2.22. The Hall–Kier alpha value is -5.12. The van der Waals surface area contributed by atoms with E-state index in [2.05, 4.69) is 10.3 Å². The largest absolute Gasteiger partial charge is 0.497 e. The van der Waals surface area contributed by atoms with Crippen LogP contribution in [-0.4, -0.2) is 70.3 Å². The Kier molecular flexibility index (Phi) is 6.65. The van der Waals surface area contributed by atoms with Crippen molar-refractivity contribution in [3.63, 3.8) is 0 Å². The van der Waals surface area contributed by atoms with Crippen LogP contribution in [0.2, 0.25) is 0 Å². The molecule has 0 saturated carbocycles. The van der Waals surface area contributed by atoms with E-state index in [0.717, 1.165) is 40.3 Å². The monoisotopic (exact) mass is 535 g/mol. The van der Waals surface area contributed by atoms with Crippen LogP contribution >= 0.6 is 0 Å². The first-order chi connectivity index (χ1) is 19.5. The number of anilines is 2. The van der Waals surface area contributed by atoms with Crippen LogP contribution in [0.5, 0.6) is 5.75 Å². The van der Waals surface area contributed by atoms with Crippen LogP contribution in [-0.2, 0) is 11.3 Å². The predicted molar refractivity (Wildman–Crippen MR) is 154 cm³/mol. The minimum absolute atomic E-state index is 0.0820. The number of nitrogens with zero attached hydrogens (tertiary/aromatic N) is 5. The van der Waals surface area contributed by atoms with Gasteiger partial charge in [-0.15, -0.1) is 0 Å². The number of aromatic nitrogens is 4. The highest BCUT2D eigenvalue weighted by atomic mass is 16.5. The van der Waals surface area contributed by atoms with Crippen LogP contribution in [0.15, 0.2) is 78.9 Å². The number of likely N-dealkylation sites (N-methyl/N-ethyl adjacent to an activating group) is 1. The first-order valence-electron chi connectivity index (χ1n) is 13.0. The van der Waals surface area contributed by atoms with Gasteiger partial charge >= 0.3 is 0 Å². The third-order valence-electron chi connectivity index (χ3n) is 7.10. The number of rotatable bonds is 7. The van der Waals surface area contributed by atoms with Gasteiger partial charge in [0.25, 0.3) is 5.91 Å². The quantitative estimate of drug-likeness (QED) is 0.326. The smallest absolute Gasteiger partial charge is 0.256 e. The van der Waals surface area contributed by atoms with Crippen molar-refractivity contribution < 1.29 is 14.3 Å². The van der Waals surface area contributed by atoms with Gasteiger partial charge in [-0.3, -0.25) is 14.3 Å². The summed E-state index contributed by atoms with van der Waals surface area (Å²) in [4.78, 5) is 37.1. The van der Waals surface area contributed by atoms with Crippen LogP contribution in [0.3, 0.4) is 0 Å². The summed E-state index contributed by atoms with van der Waals surface area (Å²) in [5, 5.41) is 7.64. The molecule has 3 heterocycles. The zero-order chi connectivity index (χ0) is 27.6. The summed E-state index contributed by atoms with van der Waals surface area (Å²) < 4.78 is 7.10. The number of benzene rings is 3. The highest BCUT2D eigenvalue weighted by molar-refractivity contribution is 6.04. The van der Waals surface area contributed by atoms with Crippen LogP contribution in [0.1, 0.15) is 15.9 Å². The summed E-state index contributed by atoms with van der Waals surface area (Å²) in [5.74, 6) is 1.67. The van der Waals surface area contributed by atoms with Gasteiger partial charge < -0.3 is 24.8 Å². The van der Waals surface area contributed by atoms with Gasteiger partial charge in [-0.1, -0.05) is 24.3 Å². The maximum atomic E-state index is 13.2. The maximum absolute atomic E-state index is 13.2. The lowest BCUT2D eigenvalue weighted by Crippen LogP contribution is -2.48. The molecule has 40 heavy (non-hydrogen) atoms. The second kappa shape index (κ2) is 10.6. The van der Waals surface area contributed by atoms with Crippen LogP contribution in [0, 0.1) is 0 Å². The molecule has 0 atom stereocenters. The molecule has 0 radical (unpaired) electrons. The second-order valence-electron chi connectivity index (χ2n) is 9.76. The van der Waals surface area contributed by atoms with Crippen molar-refractivity contribution in [2.24, 2.45) is 0 Å². The lowest BCUT2D eigenvalue weighted by molar-refractivity contribution is -0.129. The summed E-state index contributed by atoms with van der Waals surface area (Å²) in [7, 11) is 3.45. The summed E-state index contributed by atoms with van der Waals surface area (Å²) in [6.07, 6.45) is 0. The van der Waals surface area contributed by atoms with E-state index in [9.17, 15) is 9.59 Å². The van der Waals surface area contributed by atoms with Gasteiger partial charge in [-0.2, -0.15) is 5.10 Å². The third kappa shape index (κ3) is 5.11. The summed E-state index contributed by atoms with van der Waals surface area (Å²) >= 11 is 0. The Bertz CT molecular complexity index is 1640. The number of carbonyl (C=O) groups excluding carboxylic acids is 2. The molecule has 6 rings (SSSR count). The van der Waals surface area contributed by atoms with E-state index in [4.69, 9.17) is 14.8 Å². The van der Waals surface area contributed by atoms with E-state index in [1.807, 2.05) is 83.4 Å². The molecule has 10 heteroatoms. The number of hydrogen-bond acceptors (Lipinski definition) is 6. The molecule has 1 fully saturated rings. The Morgan fingerprint density at radius 1 is 1.02 bits per heavy atom. The lowest BCUT2D eigenvalue weighted by atomic mass is 10.1. The molecule has 3 aromatic carbocycles. The Morgan fingerprint density at radius 3 is 2.52 bits per heavy atom. The van der Waals surface area contributed by atoms with Gasteiger partial charge in [-0.05, 0) is 54.1 Å². The molecule has 0 aliphatic carbocycles. The van der Waals surface area contributed by atoms with Crippen molar-refractivity contribution in [1.82, 2.24) is 24.6 Å². The first-order valence-corrected chi connectivity index (χ1v) is 13.0. The van der Waals surface area contributed by atoms with E-state index in [-0.39, 0.29) is 11.8 Å². The number of H-pyrrole nitrogens is 1. The van der Waals surface area contributed by atoms with Gasteiger partial charge in [0.15, 0.2) is 11.6 Å². The summed E-state index contributed by atoms with van der Waals surface area (Å²) in [6, 6.07) is 24.7. The van der Waals surface area contributed by atoms with Crippen molar-refractivity contribution in [3.05, 3.63) is 90.0 Å². The number of amides is 2. The highest BCUT2D eigenvalue weighted by Crippen LogP contribution is 2.25. The predicted octanol–water partition coefficient (Wildman–Crippen LogP) is 4.01. The second-order valence-corrected chi connectivity index (χ2v) is 9.76. The fourth-order valence-electron chi connectivity index (χ4n) is 4.76. The van der Waals surface area contributed by atoms with Crippen molar-refractivity contribution >= 4 is 34.4 Å². The molecule has 1 aliphatic heterocycles. The van der Waals surface area contributed by atoms with Gasteiger partial charge in [0.1, 0.15) is 11.4 Å². The number of nitrogens with one attached hydrogen (secondary N) is 2. The number of methoxy groups -OCH3 is 1. The molecular formula is C30H29N7O3. The Morgan fingerprint density at radius 2 is 1.80 bits per heavy atom. The standard InChI is InChI=1S/C30H29N7O3/c1-35-15-16-36(19-28(35)38)22-11-9-21(10-12-22)30(39)33-27-17-26(29-31-24-5-3-4-6-25(24)32-29)37(34-27)18-20-7-13-23(40-2)14-8-20/h3-14,17H,15-16,18-19H2,1-2H3,(H,31,32)(H,33,34,39). The Labute approximate surface area is 231 Å². The van der Waals surface area contributed by atoms with E-state index >= 15 is 0 Å². The van der Waals surface area contributed by atoms with Gasteiger partial charge in [-0.25, -0.2) is 4.98 Å². The molecule has 202 valence electrons. The van der Waals surface area contributed by atoms with Gasteiger partial charge in [0.05, 0.1) is 31.2 Å². The van der Waals surface area contributed by atoms with Crippen LogP contribution in [0.25, 0.3) is 22.6 Å². The van der Waals surface area contributed by atoms with Crippen LogP contribution in [0.4, 0.5) is 11.5 Å². The minimum Gasteiger partial charge on any atom is -0.497 e. The van der Waals surface area contributed by atoms with Crippen molar-refractivity contribution in [1.29, 1.82) is 0 Å². The van der Waals surface area contributed by atoms with Gasteiger partial charge in [0.2, 0.25) is 5.91 Å². The molecule has 5 aromatic rings. The molecule has 0 spiro atoms. The molecule has 10 nitrogen and oxygen atoms in total. The fraction of sp³-hybridized carbons (Fsp3) is 0.200. The average Bonchev–Trinajstić information content (AvgIpc) is 3.58. The number of ether oxygens (including phenoxy) is 1. The minimum atomic E-state index is -0.272. The van der Waals surface area contributed by atoms with Crippen molar-refractivity contribution in [3.8, 4) is 17.3 Å². The molecular weight excluding hydrogens is 506 g/mol. The zero-order valence-corrected chi connectivity index (χ0v) is 22.3. The fourth-order valence-corrected chi connectivity index (χ4v) is 4.76. The summed E-state index contributed by atoms with van der Waals surface area (Å²) in [6.45, 7) is 2.24. The molecule has 0 bridgehead atoms. The van der Waals surface area contributed by atoms with Gasteiger partial charge in [0, 0.05) is 37.5 Å². The third-order valence-corrected chi connectivity index (χ3v) is 7.10. The normalized spacial score (nSPS) is 13.6. The number of aromatic amines is 1. The number of piperazine rings is 1. The van der Waals surface area contributed by atoms with Crippen molar-refractivity contribution in [2.45, 2.75) is 6.54 Å². The van der Waals surface area contributed by atoms with Crippen molar-refractivity contribution in [2.75, 3.05) is 44.0 Å². The van der Waals surface area contributed by atoms with E-state index < -0.39 is 0 Å². The topological polar surface area (TPSA) is 108 Å². The number of carbonyl (C=O) groups is 2. The molecule has 2 aromatic heterocycles. The Balaban J connectivity index is 1.25. The number of para-hydroxylation sites is 2. The molecule has 0 unspecified atom stereocenters. The number of fused-ring (bicyclic) bond motifs is 1. The van der Waals surface area contributed by atoms with E-state index in [0.29, 0.717) is 36.8 Å². The first kappa shape index (κ1) is 25.2.